The second kappa shape index (κ2) is 6.51. The molecule has 1 aromatic heterocycles. The van der Waals surface area contributed by atoms with Crippen LogP contribution in [0.25, 0.3) is 11.3 Å². The lowest BCUT2D eigenvalue weighted by Crippen LogP contribution is -2.43. The number of hydrogen-bond acceptors (Lipinski definition) is 3. The fourth-order valence-electron chi connectivity index (χ4n) is 2.92. The second-order valence-corrected chi connectivity index (χ2v) is 6.50. The topological polar surface area (TPSA) is 56.9 Å². The highest BCUT2D eigenvalue weighted by Gasteiger charge is 2.25. The molecule has 0 atom stereocenters. The molecule has 4 rings (SSSR count). The van der Waals surface area contributed by atoms with E-state index in [4.69, 9.17) is 0 Å². The lowest BCUT2D eigenvalue weighted by molar-refractivity contribution is 0.501. The molecule has 1 aliphatic rings. The maximum atomic E-state index is 12.8. The van der Waals surface area contributed by atoms with Crippen molar-refractivity contribution in [1.82, 2.24) is 14.3 Å². The van der Waals surface area contributed by atoms with E-state index in [1.165, 1.54) is 9.25 Å². The van der Waals surface area contributed by atoms with Crippen molar-refractivity contribution >= 4 is 0 Å². The minimum Gasteiger partial charge on any atom is -0.267 e. The molecule has 2 aromatic carbocycles. The Balaban J connectivity index is 1.85. The molecule has 0 spiro atoms. The fourth-order valence-corrected chi connectivity index (χ4v) is 2.92. The highest BCUT2D eigenvalue weighted by Crippen LogP contribution is 2.29. The van der Waals surface area contributed by atoms with Crippen LogP contribution < -0.4 is 11.2 Å². The van der Waals surface area contributed by atoms with Crippen LogP contribution in [0.1, 0.15) is 18.4 Å². The van der Waals surface area contributed by atoms with Gasteiger partial charge in [-0.2, -0.15) is 5.10 Å². The molecular formula is C20H19N3O2. The summed E-state index contributed by atoms with van der Waals surface area (Å²) < 4.78 is 2.76. The Hall–Kier alpha value is -2.95. The Bertz CT molecular complexity index is 987. The molecule has 25 heavy (non-hydrogen) atoms. The van der Waals surface area contributed by atoms with E-state index in [1.807, 2.05) is 60.7 Å². The molecule has 0 N–H and O–H groups in total. The summed E-state index contributed by atoms with van der Waals surface area (Å²) in [4.78, 5) is 25.6. The number of rotatable bonds is 5. The Morgan fingerprint density at radius 3 is 2.20 bits per heavy atom. The van der Waals surface area contributed by atoms with Gasteiger partial charge in [0, 0.05) is 12.1 Å². The maximum Gasteiger partial charge on any atom is 0.347 e. The zero-order valence-electron chi connectivity index (χ0n) is 13.8. The summed E-state index contributed by atoms with van der Waals surface area (Å²) in [5.74, 6) is 0.432. The van der Waals surface area contributed by atoms with Gasteiger partial charge in [0.2, 0.25) is 0 Å². The van der Waals surface area contributed by atoms with Gasteiger partial charge in [-0.3, -0.25) is 9.36 Å². The maximum absolute atomic E-state index is 12.8. The molecule has 0 amide bonds. The minimum absolute atomic E-state index is 0.299. The third-order valence-corrected chi connectivity index (χ3v) is 4.48. The van der Waals surface area contributed by atoms with Gasteiger partial charge in [0.25, 0.3) is 5.56 Å². The largest absolute Gasteiger partial charge is 0.347 e. The highest BCUT2D eigenvalue weighted by atomic mass is 16.2. The van der Waals surface area contributed by atoms with Crippen molar-refractivity contribution in [3.05, 3.63) is 87.1 Å². The van der Waals surface area contributed by atoms with Crippen LogP contribution in [0.3, 0.4) is 0 Å². The molecule has 5 nitrogen and oxygen atoms in total. The molecule has 3 aromatic rings. The average molecular weight is 333 g/mol. The van der Waals surface area contributed by atoms with Gasteiger partial charge in [-0.05, 0) is 24.3 Å². The first-order chi connectivity index (χ1) is 12.2. The van der Waals surface area contributed by atoms with E-state index in [-0.39, 0.29) is 11.2 Å². The predicted octanol–water partition coefficient (Wildman–Crippen LogP) is 2.53. The molecule has 1 aliphatic carbocycles. The Labute approximate surface area is 145 Å². The zero-order chi connectivity index (χ0) is 17.2. The van der Waals surface area contributed by atoms with E-state index in [0.717, 1.165) is 24.0 Å². The third kappa shape index (κ3) is 3.31. The first kappa shape index (κ1) is 15.6. The average Bonchev–Trinajstić information content (AvgIpc) is 3.47. The quantitative estimate of drug-likeness (QED) is 0.721. The smallest absolute Gasteiger partial charge is 0.267 e. The van der Waals surface area contributed by atoms with Crippen molar-refractivity contribution in [2.75, 3.05) is 0 Å². The predicted molar refractivity (Wildman–Crippen MR) is 96.5 cm³/mol. The normalized spacial score (nSPS) is 13.8. The lowest BCUT2D eigenvalue weighted by atomic mass is 10.1. The highest BCUT2D eigenvalue weighted by molar-refractivity contribution is 5.57. The number of hydrogen-bond donors (Lipinski definition) is 0. The van der Waals surface area contributed by atoms with Crippen LogP contribution in [-0.2, 0) is 13.1 Å². The summed E-state index contributed by atoms with van der Waals surface area (Å²) in [6, 6.07) is 19.0. The minimum atomic E-state index is -0.333. The van der Waals surface area contributed by atoms with Gasteiger partial charge in [0.15, 0.2) is 5.69 Å². The van der Waals surface area contributed by atoms with Crippen molar-refractivity contribution in [2.24, 2.45) is 5.92 Å². The summed E-state index contributed by atoms with van der Waals surface area (Å²) in [7, 11) is 0. The van der Waals surface area contributed by atoms with Crippen molar-refractivity contribution in [1.29, 1.82) is 0 Å². The Kier molecular flexibility index (Phi) is 4.06. The molecule has 0 saturated heterocycles. The zero-order valence-corrected chi connectivity index (χ0v) is 13.8. The van der Waals surface area contributed by atoms with E-state index >= 15 is 0 Å². The number of nitrogens with zero attached hydrogens (tertiary/aromatic N) is 3. The molecule has 0 radical (unpaired) electrons. The van der Waals surface area contributed by atoms with Crippen LogP contribution in [0.5, 0.6) is 0 Å². The van der Waals surface area contributed by atoms with Crippen molar-refractivity contribution in [3.8, 4) is 11.3 Å². The van der Waals surface area contributed by atoms with Crippen LogP contribution in [0, 0.1) is 5.92 Å². The van der Waals surface area contributed by atoms with E-state index < -0.39 is 0 Å². The van der Waals surface area contributed by atoms with Crippen LogP contribution in [0.2, 0.25) is 0 Å². The van der Waals surface area contributed by atoms with E-state index in [9.17, 15) is 9.59 Å². The lowest BCUT2D eigenvalue weighted by Gasteiger charge is -2.12. The van der Waals surface area contributed by atoms with Crippen LogP contribution in [-0.4, -0.2) is 14.3 Å². The molecular weight excluding hydrogens is 314 g/mol. The molecule has 0 unspecified atom stereocenters. The summed E-state index contributed by atoms with van der Waals surface area (Å²) in [6.07, 6.45) is 2.15. The van der Waals surface area contributed by atoms with Crippen molar-refractivity contribution in [2.45, 2.75) is 25.9 Å². The second-order valence-electron chi connectivity index (χ2n) is 6.50. The number of benzene rings is 2. The summed E-state index contributed by atoms with van der Waals surface area (Å²) in [5.41, 5.74) is 1.41. The molecule has 126 valence electrons. The summed E-state index contributed by atoms with van der Waals surface area (Å²) in [6.45, 7) is 0.833. The molecule has 0 bridgehead atoms. The Morgan fingerprint density at radius 2 is 1.56 bits per heavy atom. The molecule has 1 saturated carbocycles. The van der Waals surface area contributed by atoms with Crippen molar-refractivity contribution in [3.63, 3.8) is 0 Å². The SMILES string of the molecule is O=c1c(-c2ccccc2)nn(Cc2ccccc2)c(=O)n1CC1CC1. The fraction of sp³-hybridized carbons (Fsp3) is 0.250. The molecule has 1 fully saturated rings. The van der Waals surface area contributed by atoms with Gasteiger partial charge >= 0.3 is 5.69 Å². The molecule has 0 aliphatic heterocycles. The summed E-state index contributed by atoms with van der Waals surface area (Å²) >= 11 is 0. The monoisotopic (exact) mass is 333 g/mol. The van der Waals surface area contributed by atoms with Crippen molar-refractivity contribution < 1.29 is 0 Å². The first-order valence-corrected chi connectivity index (χ1v) is 8.53. The standard InChI is InChI=1S/C20H19N3O2/c24-19-18(17-9-5-2-6-10-17)21-23(14-15-7-3-1-4-8-15)20(25)22(19)13-16-11-12-16/h1-10,16H,11-14H2. The van der Waals surface area contributed by atoms with E-state index in [1.54, 1.807) is 0 Å². The molecule has 1 heterocycles. The van der Waals surface area contributed by atoms with Gasteiger partial charge in [-0.25, -0.2) is 9.48 Å². The van der Waals surface area contributed by atoms with Crippen LogP contribution in [0.15, 0.2) is 70.3 Å². The van der Waals surface area contributed by atoms with Gasteiger partial charge in [0.05, 0.1) is 6.54 Å². The molecule has 5 heteroatoms. The van der Waals surface area contributed by atoms with E-state index in [2.05, 4.69) is 5.10 Å². The van der Waals surface area contributed by atoms with Gasteiger partial charge in [-0.1, -0.05) is 60.7 Å². The summed E-state index contributed by atoms with van der Waals surface area (Å²) in [5, 5.41) is 4.40. The van der Waals surface area contributed by atoms with E-state index in [0.29, 0.717) is 24.7 Å². The van der Waals surface area contributed by atoms with Crippen LogP contribution in [0.4, 0.5) is 0 Å². The number of aromatic nitrogens is 3. The Morgan fingerprint density at radius 1 is 0.920 bits per heavy atom. The third-order valence-electron chi connectivity index (χ3n) is 4.48. The van der Waals surface area contributed by atoms with Gasteiger partial charge in [-0.15, -0.1) is 0 Å². The van der Waals surface area contributed by atoms with Crippen LogP contribution >= 0.6 is 0 Å². The van der Waals surface area contributed by atoms with Gasteiger partial charge < -0.3 is 0 Å². The first-order valence-electron chi connectivity index (χ1n) is 8.53. The van der Waals surface area contributed by atoms with Gasteiger partial charge in [0.1, 0.15) is 0 Å².